The van der Waals surface area contributed by atoms with Gasteiger partial charge >= 0.3 is 0 Å². The van der Waals surface area contributed by atoms with Gasteiger partial charge in [0.25, 0.3) is 10.0 Å². The van der Waals surface area contributed by atoms with Gasteiger partial charge in [-0.05, 0) is 74.4 Å². The van der Waals surface area contributed by atoms with E-state index in [1.165, 1.54) is 24.1 Å². The number of nitrogens with zero attached hydrogens (tertiary/aromatic N) is 2. The van der Waals surface area contributed by atoms with Crippen LogP contribution < -0.4 is 19.1 Å². The van der Waals surface area contributed by atoms with Gasteiger partial charge in [0.1, 0.15) is 24.1 Å². The number of rotatable bonds is 13. The van der Waals surface area contributed by atoms with Crippen LogP contribution in [0, 0.1) is 0 Å². The zero-order chi connectivity index (χ0) is 29.3. The third-order valence-electron chi connectivity index (χ3n) is 6.65. The molecule has 0 aliphatic rings. The highest BCUT2D eigenvalue weighted by molar-refractivity contribution is 7.92. The summed E-state index contributed by atoms with van der Waals surface area (Å²) < 4.78 is 39.1. The van der Waals surface area contributed by atoms with E-state index in [1.54, 1.807) is 68.6 Å². The van der Waals surface area contributed by atoms with Crippen molar-refractivity contribution in [3.05, 3.63) is 84.4 Å². The minimum atomic E-state index is -4.15. The first-order valence-electron chi connectivity index (χ1n) is 13.0. The first-order chi connectivity index (χ1) is 19.1. The van der Waals surface area contributed by atoms with Crippen LogP contribution in [0.1, 0.15) is 32.8 Å². The summed E-state index contributed by atoms with van der Waals surface area (Å²) in [4.78, 5) is 28.5. The summed E-state index contributed by atoms with van der Waals surface area (Å²) in [5.74, 6) is 0.321. The largest absolute Gasteiger partial charge is 0.497 e. The molecule has 214 valence electrons. The second-order valence-electron chi connectivity index (χ2n) is 9.39. The van der Waals surface area contributed by atoms with Gasteiger partial charge in [-0.25, -0.2) is 8.42 Å². The smallest absolute Gasteiger partial charge is 0.264 e. The van der Waals surface area contributed by atoms with Crippen molar-refractivity contribution in [1.82, 2.24) is 10.2 Å². The number of sulfonamides is 1. The van der Waals surface area contributed by atoms with E-state index < -0.39 is 28.5 Å². The van der Waals surface area contributed by atoms with Crippen LogP contribution in [0.2, 0.25) is 0 Å². The number of ether oxygens (including phenoxy) is 2. The summed E-state index contributed by atoms with van der Waals surface area (Å²) in [7, 11) is -1.09. The van der Waals surface area contributed by atoms with Crippen molar-refractivity contribution in [2.24, 2.45) is 0 Å². The van der Waals surface area contributed by atoms with Gasteiger partial charge in [-0.15, -0.1) is 0 Å². The quantitative estimate of drug-likeness (QED) is 0.332. The topological polar surface area (TPSA) is 105 Å². The summed E-state index contributed by atoms with van der Waals surface area (Å²) in [6.07, 6.45) is 0.729. The summed E-state index contributed by atoms with van der Waals surface area (Å²) in [6, 6.07) is 20.6. The molecular formula is C30H37N3O6S. The van der Waals surface area contributed by atoms with Crippen molar-refractivity contribution < 1.29 is 27.5 Å². The van der Waals surface area contributed by atoms with Crippen LogP contribution in [0.3, 0.4) is 0 Å². The standard InChI is InChI=1S/C30H37N3O6S/c1-6-22(2)31-30(35)23(3)32(20-24-12-14-26(38-4)15-13-24)29(34)21-33(25-10-8-7-9-11-25)40(36,37)28-18-16-27(39-5)17-19-28/h7-19,22-23H,6,20-21H2,1-5H3,(H,31,35)/t22-,23+/m0/s1. The maximum Gasteiger partial charge on any atom is 0.264 e. The van der Waals surface area contributed by atoms with E-state index in [2.05, 4.69) is 5.32 Å². The van der Waals surface area contributed by atoms with Crippen LogP contribution in [-0.4, -0.2) is 58.0 Å². The molecule has 0 unspecified atom stereocenters. The highest BCUT2D eigenvalue weighted by atomic mass is 32.2. The van der Waals surface area contributed by atoms with Crippen LogP contribution in [0.25, 0.3) is 0 Å². The van der Waals surface area contributed by atoms with Crippen molar-refractivity contribution in [3.8, 4) is 11.5 Å². The minimum absolute atomic E-state index is 0.00854. The molecule has 40 heavy (non-hydrogen) atoms. The number of carbonyl (C=O) groups is 2. The predicted octanol–water partition coefficient (Wildman–Crippen LogP) is 4.23. The third-order valence-corrected chi connectivity index (χ3v) is 8.44. The lowest BCUT2D eigenvalue weighted by molar-refractivity contribution is -0.139. The van der Waals surface area contributed by atoms with Crippen molar-refractivity contribution in [1.29, 1.82) is 0 Å². The fourth-order valence-corrected chi connectivity index (χ4v) is 5.39. The van der Waals surface area contributed by atoms with Gasteiger partial charge in [-0.1, -0.05) is 37.3 Å². The van der Waals surface area contributed by atoms with Gasteiger partial charge in [-0.3, -0.25) is 13.9 Å². The van der Waals surface area contributed by atoms with Crippen LogP contribution >= 0.6 is 0 Å². The first kappa shape index (κ1) is 30.5. The molecule has 3 rings (SSSR count). The molecule has 3 aromatic rings. The van der Waals surface area contributed by atoms with Crippen molar-refractivity contribution in [2.45, 2.75) is 50.7 Å². The summed E-state index contributed by atoms with van der Waals surface area (Å²) in [5.41, 5.74) is 1.09. The van der Waals surface area contributed by atoms with E-state index in [9.17, 15) is 18.0 Å². The lowest BCUT2D eigenvalue weighted by Crippen LogP contribution is -2.52. The number of carbonyl (C=O) groups excluding carboxylic acids is 2. The molecule has 0 radical (unpaired) electrons. The Morgan fingerprint density at radius 2 is 1.40 bits per heavy atom. The fraction of sp³-hybridized carbons (Fsp3) is 0.333. The molecule has 0 aliphatic heterocycles. The molecule has 1 N–H and O–H groups in total. The maximum atomic E-state index is 13.9. The molecule has 2 atom stereocenters. The number of para-hydroxylation sites is 1. The summed E-state index contributed by atoms with van der Waals surface area (Å²) in [6.45, 7) is 5.08. The highest BCUT2D eigenvalue weighted by Crippen LogP contribution is 2.26. The number of amides is 2. The van der Waals surface area contributed by atoms with E-state index in [1.807, 2.05) is 26.0 Å². The molecule has 0 saturated heterocycles. The lowest BCUT2D eigenvalue weighted by atomic mass is 10.1. The van der Waals surface area contributed by atoms with E-state index in [-0.39, 0.29) is 23.4 Å². The fourth-order valence-electron chi connectivity index (χ4n) is 3.97. The van der Waals surface area contributed by atoms with Crippen LogP contribution in [0.5, 0.6) is 11.5 Å². The Kier molecular flexibility index (Phi) is 10.6. The normalized spacial score (nSPS) is 12.6. The average molecular weight is 568 g/mol. The van der Waals surface area contributed by atoms with E-state index in [0.717, 1.165) is 16.3 Å². The van der Waals surface area contributed by atoms with Crippen molar-refractivity contribution in [3.63, 3.8) is 0 Å². The zero-order valence-corrected chi connectivity index (χ0v) is 24.4. The molecule has 0 aromatic heterocycles. The van der Waals surface area contributed by atoms with Gasteiger partial charge < -0.3 is 19.7 Å². The number of benzene rings is 3. The number of methoxy groups -OCH3 is 2. The zero-order valence-electron chi connectivity index (χ0n) is 23.5. The SMILES string of the molecule is CC[C@H](C)NC(=O)[C@@H](C)N(Cc1ccc(OC)cc1)C(=O)CN(c1ccccc1)S(=O)(=O)c1ccc(OC)cc1. The molecule has 0 saturated carbocycles. The molecule has 0 aliphatic carbocycles. The monoisotopic (exact) mass is 567 g/mol. The molecule has 0 spiro atoms. The van der Waals surface area contributed by atoms with Gasteiger partial charge in [0.15, 0.2) is 0 Å². The van der Waals surface area contributed by atoms with Gasteiger partial charge in [-0.2, -0.15) is 0 Å². The van der Waals surface area contributed by atoms with Crippen molar-refractivity contribution in [2.75, 3.05) is 25.1 Å². The van der Waals surface area contributed by atoms with Crippen molar-refractivity contribution >= 4 is 27.5 Å². The number of anilines is 1. The average Bonchev–Trinajstić information content (AvgIpc) is 2.98. The minimum Gasteiger partial charge on any atom is -0.497 e. The number of hydrogen-bond donors (Lipinski definition) is 1. The number of hydrogen-bond acceptors (Lipinski definition) is 6. The highest BCUT2D eigenvalue weighted by Gasteiger charge is 2.32. The van der Waals surface area contributed by atoms with Crippen LogP contribution in [-0.2, 0) is 26.2 Å². The Bertz CT molecular complexity index is 1360. The Hall–Kier alpha value is -4.05. The summed E-state index contributed by atoms with van der Waals surface area (Å²) in [5, 5.41) is 2.92. The molecule has 0 fully saturated rings. The molecule has 2 amide bonds. The van der Waals surface area contributed by atoms with E-state index in [0.29, 0.717) is 17.2 Å². The molecule has 10 heteroatoms. The Balaban J connectivity index is 1.99. The van der Waals surface area contributed by atoms with Crippen LogP contribution in [0.15, 0.2) is 83.8 Å². The van der Waals surface area contributed by atoms with Gasteiger partial charge in [0, 0.05) is 12.6 Å². The Labute approximate surface area is 236 Å². The maximum absolute atomic E-state index is 13.9. The van der Waals surface area contributed by atoms with E-state index >= 15 is 0 Å². The molecular weight excluding hydrogens is 530 g/mol. The first-order valence-corrected chi connectivity index (χ1v) is 14.5. The predicted molar refractivity (Wildman–Crippen MR) is 155 cm³/mol. The van der Waals surface area contributed by atoms with Gasteiger partial charge in [0.05, 0.1) is 24.8 Å². The third kappa shape index (κ3) is 7.53. The number of nitrogens with one attached hydrogen (secondary N) is 1. The molecule has 0 bridgehead atoms. The molecule has 3 aromatic carbocycles. The second kappa shape index (κ2) is 13.8. The Morgan fingerprint density at radius 3 is 1.93 bits per heavy atom. The lowest BCUT2D eigenvalue weighted by Gasteiger charge is -2.32. The second-order valence-corrected chi connectivity index (χ2v) is 11.2. The van der Waals surface area contributed by atoms with Crippen LogP contribution in [0.4, 0.5) is 5.69 Å². The summed E-state index contributed by atoms with van der Waals surface area (Å²) >= 11 is 0. The van der Waals surface area contributed by atoms with Gasteiger partial charge in [0.2, 0.25) is 11.8 Å². The molecule has 0 heterocycles. The Morgan fingerprint density at radius 1 is 0.850 bits per heavy atom. The molecule has 9 nitrogen and oxygen atoms in total. The van der Waals surface area contributed by atoms with E-state index in [4.69, 9.17) is 9.47 Å².